The summed E-state index contributed by atoms with van der Waals surface area (Å²) in [5.74, 6) is -3.49. The monoisotopic (exact) mass is 508 g/mol. The number of carbonyl (C=O) groups excluding carboxylic acids is 1. The van der Waals surface area contributed by atoms with E-state index in [1.807, 2.05) is 19.9 Å². The average Bonchev–Trinajstić information content (AvgIpc) is 3.39. The number of hydrogen-bond donors (Lipinski definition) is 1. The van der Waals surface area contributed by atoms with Crippen molar-refractivity contribution < 1.29 is 23.0 Å². The number of hydrogen-bond acceptors (Lipinski definition) is 4. The molecule has 0 aliphatic carbocycles. The molecule has 2 aliphatic heterocycles. The lowest BCUT2D eigenvalue weighted by Gasteiger charge is -2.19. The van der Waals surface area contributed by atoms with Crippen molar-refractivity contribution >= 4 is 23.6 Å². The first-order valence-electron chi connectivity index (χ1n) is 12.1. The number of fused-ring (bicyclic) bond motifs is 1. The predicted octanol–water partition coefficient (Wildman–Crippen LogP) is 5.99. The van der Waals surface area contributed by atoms with Crippen molar-refractivity contribution in [1.29, 1.82) is 0 Å². The number of nitrogens with two attached hydrogens (primary N) is 1. The molecule has 0 saturated carbocycles. The summed E-state index contributed by atoms with van der Waals surface area (Å²) in [6.07, 6.45) is 6.69. The minimum atomic E-state index is -3.63. The molecule has 0 unspecified atom stereocenters. The number of nitrogens with zero attached hydrogens (tertiary/aromatic N) is 1. The first-order valence-corrected chi connectivity index (χ1v) is 12.4. The number of benzene rings is 2. The van der Waals surface area contributed by atoms with Gasteiger partial charge in [0.2, 0.25) is 0 Å². The van der Waals surface area contributed by atoms with Crippen LogP contribution in [0.4, 0.5) is 8.78 Å². The van der Waals surface area contributed by atoms with E-state index in [2.05, 4.69) is 22.8 Å². The van der Waals surface area contributed by atoms with Gasteiger partial charge in [-0.3, -0.25) is 4.79 Å². The van der Waals surface area contributed by atoms with Gasteiger partial charge in [0, 0.05) is 5.02 Å². The molecule has 1 amide bonds. The molecule has 35 heavy (non-hydrogen) atoms. The predicted molar refractivity (Wildman–Crippen MR) is 137 cm³/mol. The highest BCUT2D eigenvalue weighted by molar-refractivity contribution is 6.30. The zero-order chi connectivity index (χ0) is 25.7. The van der Waals surface area contributed by atoms with Gasteiger partial charge >= 0.3 is 5.92 Å². The third kappa shape index (κ3) is 9.86. The van der Waals surface area contributed by atoms with Crippen molar-refractivity contribution in [3.05, 3.63) is 64.7 Å². The lowest BCUT2D eigenvalue weighted by molar-refractivity contribution is -0.135. The molecule has 0 spiro atoms. The molecule has 1 saturated heterocycles. The summed E-state index contributed by atoms with van der Waals surface area (Å²) in [6, 6.07) is 12.6. The van der Waals surface area contributed by atoms with Crippen molar-refractivity contribution in [2.45, 2.75) is 45.5 Å². The third-order valence-electron chi connectivity index (χ3n) is 5.43. The lowest BCUT2D eigenvalue weighted by atomic mass is 10.1. The normalized spacial score (nSPS) is 15.1. The van der Waals surface area contributed by atoms with Gasteiger partial charge in [-0.05, 0) is 86.8 Å². The van der Waals surface area contributed by atoms with Gasteiger partial charge in [-0.2, -0.15) is 8.78 Å². The van der Waals surface area contributed by atoms with Crippen molar-refractivity contribution in [3.63, 3.8) is 0 Å². The fourth-order valence-corrected chi connectivity index (χ4v) is 3.74. The molecular weight excluding hydrogens is 474 g/mol. The highest BCUT2D eigenvalue weighted by Crippen LogP contribution is 2.31. The topological polar surface area (TPSA) is 64.8 Å². The quantitative estimate of drug-likeness (QED) is 0.499. The van der Waals surface area contributed by atoms with Crippen LogP contribution in [0, 0.1) is 0 Å². The second-order valence-electron chi connectivity index (χ2n) is 8.00. The Kier molecular flexibility index (Phi) is 12.0. The summed E-state index contributed by atoms with van der Waals surface area (Å²) >= 11 is 5.61. The van der Waals surface area contributed by atoms with E-state index in [9.17, 15) is 13.6 Å². The number of likely N-dealkylation sites (tertiary alicyclic amines) is 1. The Bertz CT molecular complexity index is 946. The molecule has 8 heteroatoms. The standard InChI is InChI=1S/C15H21NO2.C10H8ClF2NO.C2H6/c1-2-8-16(7-1)9-3-4-13-5-6-14-15(12-13)18-11-10-17-14;11-8-3-1-7(2-4-8)5-6-10(12,13)9(14)15;1-2/h5-6,12H,1-4,7-11H2;1-6H,(H2,14,15);1-2H3/b;6-5+;. The smallest absolute Gasteiger partial charge is 0.343 e. The van der Waals surface area contributed by atoms with Crippen LogP contribution >= 0.6 is 11.6 Å². The summed E-state index contributed by atoms with van der Waals surface area (Å²) in [5, 5.41) is 0.508. The Hall–Kier alpha value is -2.64. The second kappa shape index (κ2) is 14.7. The fourth-order valence-electron chi connectivity index (χ4n) is 3.61. The van der Waals surface area contributed by atoms with Gasteiger partial charge in [0.05, 0.1) is 0 Å². The number of primary amides is 1. The highest BCUT2D eigenvalue weighted by Gasteiger charge is 2.32. The van der Waals surface area contributed by atoms with E-state index < -0.39 is 11.8 Å². The van der Waals surface area contributed by atoms with E-state index in [0.29, 0.717) is 29.9 Å². The highest BCUT2D eigenvalue weighted by atomic mass is 35.5. The van der Waals surface area contributed by atoms with Crippen molar-refractivity contribution in [2.24, 2.45) is 5.73 Å². The Labute approximate surface area is 211 Å². The molecule has 192 valence electrons. The number of aryl methyl sites for hydroxylation is 1. The molecule has 2 aliphatic rings. The third-order valence-corrected chi connectivity index (χ3v) is 5.68. The molecule has 5 nitrogen and oxygen atoms in total. The minimum Gasteiger partial charge on any atom is -0.486 e. The number of carbonyl (C=O) groups is 1. The summed E-state index contributed by atoms with van der Waals surface area (Å²) in [7, 11) is 0. The molecule has 0 radical (unpaired) electrons. The maximum Gasteiger partial charge on any atom is 0.343 e. The average molecular weight is 509 g/mol. The maximum atomic E-state index is 12.7. The SMILES string of the molecule is CC.NC(=O)C(F)(F)/C=C/c1ccc(Cl)cc1.c1cc2c(cc1CCCN1CCCC1)OCCO2. The van der Waals surface area contributed by atoms with Gasteiger partial charge in [0.15, 0.2) is 11.5 Å². The molecule has 4 rings (SSSR count). The van der Waals surface area contributed by atoms with E-state index in [1.54, 1.807) is 24.3 Å². The van der Waals surface area contributed by atoms with Crippen molar-refractivity contribution in [3.8, 4) is 11.5 Å². The number of halogens is 3. The maximum absolute atomic E-state index is 12.7. The van der Waals surface area contributed by atoms with Gasteiger partial charge in [-0.1, -0.05) is 49.7 Å². The minimum absolute atomic E-state index is 0.457. The molecule has 0 bridgehead atoms. The van der Waals surface area contributed by atoms with Gasteiger partial charge in [-0.15, -0.1) is 0 Å². The summed E-state index contributed by atoms with van der Waals surface area (Å²) in [4.78, 5) is 12.9. The first kappa shape index (κ1) is 28.6. The Morgan fingerprint density at radius 3 is 2.31 bits per heavy atom. The van der Waals surface area contributed by atoms with Crippen LogP contribution in [0.25, 0.3) is 6.08 Å². The van der Waals surface area contributed by atoms with E-state index in [1.165, 1.54) is 44.5 Å². The molecule has 0 atom stereocenters. The molecule has 2 N–H and O–H groups in total. The van der Waals surface area contributed by atoms with Crippen molar-refractivity contribution in [1.82, 2.24) is 4.90 Å². The number of ether oxygens (including phenoxy) is 2. The Balaban J connectivity index is 0.000000235. The number of rotatable bonds is 7. The largest absolute Gasteiger partial charge is 0.486 e. The Morgan fingerprint density at radius 1 is 1.06 bits per heavy atom. The number of alkyl halides is 2. The molecule has 2 aromatic carbocycles. The zero-order valence-corrected chi connectivity index (χ0v) is 21.2. The van der Waals surface area contributed by atoms with Crippen LogP contribution in [0.15, 0.2) is 48.5 Å². The van der Waals surface area contributed by atoms with Crippen LogP contribution in [0.3, 0.4) is 0 Å². The van der Waals surface area contributed by atoms with Crippen LogP contribution in [0.1, 0.15) is 44.2 Å². The van der Waals surface area contributed by atoms with Gasteiger partial charge in [0.1, 0.15) is 13.2 Å². The summed E-state index contributed by atoms with van der Waals surface area (Å²) in [6.45, 7) is 9.16. The van der Waals surface area contributed by atoms with Gasteiger partial charge in [0.25, 0.3) is 5.91 Å². The molecule has 1 fully saturated rings. The number of amides is 1. The molecular formula is C27H35ClF2N2O3. The Morgan fingerprint density at radius 2 is 1.69 bits per heavy atom. The van der Waals surface area contributed by atoms with E-state index in [0.717, 1.165) is 24.0 Å². The summed E-state index contributed by atoms with van der Waals surface area (Å²) < 4.78 is 36.6. The fraction of sp³-hybridized carbons (Fsp3) is 0.444. The lowest BCUT2D eigenvalue weighted by Crippen LogP contribution is -2.33. The van der Waals surface area contributed by atoms with E-state index in [-0.39, 0.29) is 0 Å². The van der Waals surface area contributed by atoms with Gasteiger partial charge in [-0.25, -0.2) is 0 Å². The van der Waals surface area contributed by atoms with E-state index >= 15 is 0 Å². The van der Waals surface area contributed by atoms with Gasteiger partial charge < -0.3 is 20.1 Å². The zero-order valence-electron chi connectivity index (χ0n) is 20.4. The molecule has 2 heterocycles. The van der Waals surface area contributed by atoms with Crippen LogP contribution in [0.5, 0.6) is 11.5 Å². The summed E-state index contributed by atoms with van der Waals surface area (Å²) in [5.41, 5.74) is 6.37. The van der Waals surface area contributed by atoms with E-state index in [4.69, 9.17) is 21.1 Å². The van der Waals surface area contributed by atoms with Crippen LogP contribution in [0.2, 0.25) is 5.02 Å². The van der Waals surface area contributed by atoms with Crippen molar-refractivity contribution in [2.75, 3.05) is 32.8 Å². The molecule has 0 aromatic heterocycles. The molecule has 2 aromatic rings. The van der Waals surface area contributed by atoms with Crippen LogP contribution in [-0.4, -0.2) is 49.6 Å². The second-order valence-corrected chi connectivity index (χ2v) is 8.44. The van der Waals surface area contributed by atoms with Crippen LogP contribution < -0.4 is 15.2 Å². The van der Waals surface area contributed by atoms with Crippen LogP contribution in [-0.2, 0) is 11.2 Å². The first-order chi connectivity index (χ1) is 16.8.